The zero-order valence-corrected chi connectivity index (χ0v) is 15.6. The first-order valence-electron chi connectivity index (χ1n) is 9.52. The fourth-order valence-electron chi connectivity index (χ4n) is 4.57. The lowest BCUT2D eigenvalue weighted by molar-refractivity contribution is -0.0241. The van der Waals surface area contributed by atoms with E-state index >= 15 is 0 Å². The smallest absolute Gasteiger partial charge is 0.178 e. The van der Waals surface area contributed by atoms with Crippen LogP contribution in [0.15, 0.2) is 30.6 Å². The third kappa shape index (κ3) is 3.06. The van der Waals surface area contributed by atoms with Crippen LogP contribution in [-0.2, 0) is 7.05 Å². The van der Waals surface area contributed by atoms with Crippen LogP contribution in [0.1, 0.15) is 25.7 Å². The number of aryl methyl sites for hydroxylation is 1. The Hall–Kier alpha value is -2.77. The summed E-state index contributed by atoms with van der Waals surface area (Å²) in [5, 5.41) is 4.20. The lowest BCUT2D eigenvalue weighted by atomic mass is 9.62. The van der Waals surface area contributed by atoms with Crippen LogP contribution in [-0.4, -0.2) is 38.9 Å². The number of rotatable bonds is 3. The van der Waals surface area contributed by atoms with Crippen molar-refractivity contribution in [2.75, 3.05) is 18.0 Å². The molecule has 1 aromatic carbocycles. The number of fused-ring (bicyclic) bond motifs is 1. The van der Waals surface area contributed by atoms with Gasteiger partial charge in [0.25, 0.3) is 0 Å². The minimum atomic E-state index is -0.614. The molecule has 0 atom stereocenters. The first-order valence-corrected chi connectivity index (χ1v) is 9.52. The lowest BCUT2D eigenvalue weighted by Crippen LogP contribution is -2.54. The van der Waals surface area contributed by atoms with E-state index in [4.69, 9.17) is 9.72 Å². The fraction of sp³-hybridized carbons (Fsp3) is 0.450. The number of ether oxygens (including phenoxy) is 1. The van der Waals surface area contributed by atoms with E-state index in [0.717, 1.165) is 61.8 Å². The second-order valence-corrected chi connectivity index (χ2v) is 7.98. The summed E-state index contributed by atoms with van der Waals surface area (Å²) in [7, 11) is 1.86. The molecule has 1 saturated carbocycles. The molecule has 3 aromatic rings. The lowest BCUT2D eigenvalue weighted by Gasteiger charge is -2.52. The Bertz CT molecular complexity index is 1010. The van der Waals surface area contributed by atoms with Gasteiger partial charge in [-0.3, -0.25) is 0 Å². The molecule has 3 heterocycles. The Kier molecular flexibility index (Phi) is 3.96. The highest BCUT2D eigenvalue weighted by Crippen LogP contribution is 2.49. The Morgan fingerprint density at radius 3 is 2.71 bits per heavy atom. The molecule has 146 valence electrons. The molecule has 2 aromatic heterocycles. The van der Waals surface area contributed by atoms with E-state index in [1.807, 2.05) is 13.2 Å². The van der Waals surface area contributed by atoms with E-state index in [2.05, 4.69) is 15.0 Å². The predicted molar refractivity (Wildman–Crippen MR) is 100 cm³/mol. The summed E-state index contributed by atoms with van der Waals surface area (Å²) in [5.74, 6) is -0.0988. The summed E-state index contributed by atoms with van der Waals surface area (Å²) in [6.07, 6.45) is 7.48. The van der Waals surface area contributed by atoms with E-state index < -0.39 is 11.6 Å². The normalized spacial score (nSPS) is 24.5. The average molecular weight is 385 g/mol. The second kappa shape index (κ2) is 6.39. The molecule has 0 radical (unpaired) electrons. The summed E-state index contributed by atoms with van der Waals surface area (Å²) in [5.41, 5.74) is 1.73. The summed E-state index contributed by atoms with van der Waals surface area (Å²) in [4.78, 5) is 11.5. The van der Waals surface area contributed by atoms with Gasteiger partial charge in [0, 0.05) is 38.3 Å². The number of hydrogen-bond acceptors (Lipinski definition) is 5. The van der Waals surface area contributed by atoms with Crippen LogP contribution in [0.25, 0.3) is 11.2 Å². The van der Waals surface area contributed by atoms with Crippen molar-refractivity contribution in [1.29, 1.82) is 0 Å². The quantitative estimate of drug-likeness (QED) is 0.691. The minimum absolute atomic E-state index is 0.00760. The van der Waals surface area contributed by atoms with Gasteiger partial charge in [-0.15, -0.1) is 0 Å². The van der Waals surface area contributed by atoms with Crippen LogP contribution in [0.3, 0.4) is 0 Å². The van der Waals surface area contributed by atoms with E-state index in [-0.39, 0.29) is 17.3 Å². The number of anilines is 1. The summed E-state index contributed by atoms with van der Waals surface area (Å²) in [6.45, 7) is 1.84. The van der Waals surface area contributed by atoms with Crippen LogP contribution in [0.4, 0.5) is 14.6 Å². The summed E-state index contributed by atoms with van der Waals surface area (Å²) in [6, 6.07) is 3.33. The molecule has 1 aliphatic heterocycles. The van der Waals surface area contributed by atoms with Gasteiger partial charge in [-0.1, -0.05) is 0 Å². The van der Waals surface area contributed by atoms with E-state index in [1.54, 1.807) is 10.9 Å². The van der Waals surface area contributed by atoms with Crippen molar-refractivity contribution >= 4 is 17.0 Å². The van der Waals surface area contributed by atoms with Crippen LogP contribution >= 0.6 is 0 Å². The Labute approximate surface area is 161 Å². The Morgan fingerprint density at radius 2 is 1.93 bits per heavy atom. The topological polar surface area (TPSA) is 56.1 Å². The molecule has 0 bridgehead atoms. The highest BCUT2D eigenvalue weighted by molar-refractivity contribution is 5.71. The van der Waals surface area contributed by atoms with Gasteiger partial charge in [0.2, 0.25) is 0 Å². The number of nitrogens with zero attached hydrogens (tertiary/aromatic N) is 5. The molecular weight excluding hydrogens is 364 g/mol. The number of halogens is 2. The van der Waals surface area contributed by atoms with Crippen molar-refractivity contribution in [3.8, 4) is 5.75 Å². The molecule has 8 heteroatoms. The van der Waals surface area contributed by atoms with Crippen molar-refractivity contribution in [3.63, 3.8) is 0 Å². The van der Waals surface area contributed by atoms with Crippen molar-refractivity contribution < 1.29 is 13.5 Å². The van der Waals surface area contributed by atoms with Crippen molar-refractivity contribution in [2.45, 2.75) is 31.8 Å². The third-order valence-electron chi connectivity index (χ3n) is 5.87. The van der Waals surface area contributed by atoms with Crippen molar-refractivity contribution in [3.05, 3.63) is 42.2 Å². The molecule has 0 N–H and O–H groups in total. The van der Waals surface area contributed by atoms with Crippen LogP contribution in [0.2, 0.25) is 0 Å². The van der Waals surface area contributed by atoms with Crippen LogP contribution in [0, 0.1) is 17.0 Å². The number of hydrogen-bond donors (Lipinski definition) is 0. The van der Waals surface area contributed by atoms with Gasteiger partial charge >= 0.3 is 0 Å². The molecular formula is C20H21F2N5O. The molecule has 1 saturated heterocycles. The maximum absolute atomic E-state index is 13.4. The monoisotopic (exact) mass is 385 g/mol. The maximum atomic E-state index is 13.4. The van der Waals surface area contributed by atoms with Gasteiger partial charge in [0.1, 0.15) is 28.7 Å². The van der Waals surface area contributed by atoms with Crippen LogP contribution < -0.4 is 9.64 Å². The van der Waals surface area contributed by atoms with Gasteiger partial charge in [0.15, 0.2) is 5.65 Å². The largest absolute Gasteiger partial charge is 0.490 e. The van der Waals surface area contributed by atoms with Crippen molar-refractivity contribution in [1.82, 2.24) is 19.7 Å². The molecule has 0 amide bonds. The van der Waals surface area contributed by atoms with Crippen LogP contribution in [0.5, 0.6) is 5.75 Å². The van der Waals surface area contributed by atoms with Gasteiger partial charge < -0.3 is 9.64 Å². The average Bonchev–Trinajstić information content (AvgIpc) is 3.00. The minimum Gasteiger partial charge on any atom is -0.490 e. The molecule has 28 heavy (non-hydrogen) atoms. The zero-order valence-electron chi connectivity index (χ0n) is 15.6. The number of benzene rings is 1. The summed E-state index contributed by atoms with van der Waals surface area (Å²) < 4.78 is 34.3. The number of aromatic nitrogens is 4. The van der Waals surface area contributed by atoms with E-state index in [0.29, 0.717) is 0 Å². The SMILES string of the molecule is Cn1ncc2ncc(N3CCCC4(CC(Oc5cc(F)cc(F)c5)C4)C3)nc21. The zero-order chi connectivity index (χ0) is 19.3. The summed E-state index contributed by atoms with van der Waals surface area (Å²) >= 11 is 0. The van der Waals surface area contributed by atoms with Gasteiger partial charge in [-0.25, -0.2) is 23.4 Å². The van der Waals surface area contributed by atoms with Crippen molar-refractivity contribution in [2.24, 2.45) is 12.5 Å². The maximum Gasteiger partial charge on any atom is 0.178 e. The molecule has 0 unspecified atom stereocenters. The van der Waals surface area contributed by atoms with E-state index in [9.17, 15) is 8.78 Å². The first-order chi connectivity index (χ1) is 13.5. The van der Waals surface area contributed by atoms with Gasteiger partial charge in [-0.2, -0.15) is 5.10 Å². The van der Waals surface area contributed by atoms with E-state index in [1.165, 1.54) is 12.1 Å². The molecule has 5 rings (SSSR count). The molecule has 2 aliphatic rings. The standard InChI is InChI=1S/C20H21F2N5O/c1-26-19-17(10-24-26)23-11-18(25-19)27-4-2-3-20(12-27)8-16(9-20)28-15-6-13(21)5-14(22)7-15/h5-7,10-11,16H,2-4,8-9,12H2,1H3. The predicted octanol–water partition coefficient (Wildman–Crippen LogP) is 3.47. The van der Waals surface area contributed by atoms with Gasteiger partial charge in [0.05, 0.1) is 18.5 Å². The Morgan fingerprint density at radius 1 is 1.14 bits per heavy atom. The molecule has 1 aliphatic carbocycles. The Balaban J connectivity index is 1.27. The highest BCUT2D eigenvalue weighted by Gasteiger charge is 2.48. The van der Waals surface area contributed by atoms with Gasteiger partial charge in [-0.05, 0) is 31.1 Å². The number of piperidine rings is 1. The first kappa shape index (κ1) is 17.3. The fourth-order valence-corrected chi connectivity index (χ4v) is 4.57. The molecule has 1 spiro atoms. The highest BCUT2D eigenvalue weighted by atomic mass is 19.1. The molecule has 2 fully saturated rings. The molecule has 6 nitrogen and oxygen atoms in total. The second-order valence-electron chi connectivity index (χ2n) is 7.98. The third-order valence-corrected chi connectivity index (χ3v) is 5.87.